The van der Waals surface area contributed by atoms with E-state index in [1.54, 1.807) is 0 Å². The van der Waals surface area contributed by atoms with Gasteiger partial charge in [-0.25, -0.2) is 4.79 Å². The van der Waals surface area contributed by atoms with Crippen LogP contribution in [0.1, 0.15) is 10.4 Å². The van der Waals surface area contributed by atoms with E-state index in [9.17, 15) is 22.8 Å². The largest absolute Gasteiger partial charge is 0.480 e. The van der Waals surface area contributed by atoms with E-state index >= 15 is 0 Å². The summed E-state index contributed by atoms with van der Waals surface area (Å²) in [7, 11) is 0. The second kappa shape index (κ2) is 6.18. The highest BCUT2D eigenvalue weighted by molar-refractivity contribution is 8.00. The molecule has 1 aliphatic heterocycles. The minimum absolute atomic E-state index is 0.0235. The van der Waals surface area contributed by atoms with Crippen LogP contribution in [0.15, 0.2) is 29.2 Å². The first-order valence-electron chi connectivity index (χ1n) is 5.75. The number of carboxylic acid groups (broad SMARTS) is 1. The molecular formula is C12H10F3NO3S2. The average Bonchev–Trinajstić information content (AvgIpc) is 2.86. The summed E-state index contributed by atoms with van der Waals surface area (Å²) in [6.07, 6.45) is 0. The molecule has 1 fully saturated rings. The quantitative estimate of drug-likeness (QED) is 0.860. The molecule has 0 aromatic heterocycles. The highest BCUT2D eigenvalue weighted by atomic mass is 32.2. The molecule has 0 radical (unpaired) electrons. The van der Waals surface area contributed by atoms with Gasteiger partial charge in [0.1, 0.15) is 6.04 Å². The Morgan fingerprint density at radius 2 is 1.90 bits per heavy atom. The monoisotopic (exact) mass is 337 g/mol. The van der Waals surface area contributed by atoms with E-state index in [0.29, 0.717) is 5.75 Å². The van der Waals surface area contributed by atoms with Gasteiger partial charge in [0.2, 0.25) is 0 Å². The van der Waals surface area contributed by atoms with Crippen molar-refractivity contribution in [2.24, 2.45) is 0 Å². The zero-order chi connectivity index (χ0) is 15.6. The summed E-state index contributed by atoms with van der Waals surface area (Å²) >= 11 is 1.06. The Balaban J connectivity index is 2.11. The Labute approximate surface area is 126 Å². The molecular weight excluding hydrogens is 327 g/mol. The molecule has 1 atom stereocenters. The standard InChI is InChI=1S/C12H10F3NO3S2/c13-12(14,15)21-8-3-1-7(2-4-8)10(17)16-6-20-5-9(16)11(18)19/h1-4,9H,5-6H2,(H,18,19). The van der Waals surface area contributed by atoms with Crippen molar-refractivity contribution >= 4 is 35.4 Å². The van der Waals surface area contributed by atoms with Gasteiger partial charge >= 0.3 is 11.5 Å². The van der Waals surface area contributed by atoms with E-state index in [1.807, 2.05) is 0 Å². The highest BCUT2D eigenvalue weighted by Crippen LogP contribution is 2.36. The summed E-state index contributed by atoms with van der Waals surface area (Å²) < 4.78 is 36.6. The number of carbonyl (C=O) groups excluding carboxylic acids is 1. The van der Waals surface area contributed by atoms with Crippen LogP contribution in [0.5, 0.6) is 0 Å². The molecule has 0 spiro atoms. The lowest BCUT2D eigenvalue weighted by Gasteiger charge is -2.20. The number of carbonyl (C=O) groups is 2. The van der Waals surface area contributed by atoms with Crippen molar-refractivity contribution in [3.05, 3.63) is 29.8 Å². The van der Waals surface area contributed by atoms with Crippen molar-refractivity contribution in [2.45, 2.75) is 16.4 Å². The average molecular weight is 337 g/mol. The molecule has 1 aliphatic rings. The summed E-state index contributed by atoms with van der Waals surface area (Å²) in [6, 6.07) is 4.05. The minimum atomic E-state index is -4.38. The van der Waals surface area contributed by atoms with Gasteiger partial charge in [-0.1, -0.05) is 0 Å². The van der Waals surface area contributed by atoms with Crippen LogP contribution in [0.3, 0.4) is 0 Å². The molecule has 2 rings (SSSR count). The van der Waals surface area contributed by atoms with Gasteiger partial charge in [0.05, 0.1) is 5.88 Å². The van der Waals surface area contributed by atoms with Crippen LogP contribution in [0.25, 0.3) is 0 Å². The first-order valence-corrected chi connectivity index (χ1v) is 7.72. The lowest BCUT2D eigenvalue weighted by atomic mass is 10.2. The van der Waals surface area contributed by atoms with Gasteiger partial charge in [0.25, 0.3) is 5.91 Å². The molecule has 1 unspecified atom stereocenters. The Bertz CT molecular complexity index is 548. The fourth-order valence-electron chi connectivity index (χ4n) is 1.81. The van der Waals surface area contributed by atoms with Crippen molar-refractivity contribution in [1.29, 1.82) is 0 Å². The molecule has 4 nitrogen and oxygen atoms in total. The van der Waals surface area contributed by atoms with Crippen LogP contribution in [-0.2, 0) is 4.79 Å². The Morgan fingerprint density at radius 3 is 2.43 bits per heavy atom. The highest BCUT2D eigenvalue weighted by Gasteiger charge is 2.35. The van der Waals surface area contributed by atoms with E-state index in [1.165, 1.54) is 40.9 Å². The molecule has 1 aromatic rings. The summed E-state index contributed by atoms with van der Waals surface area (Å²) in [4.78, 5) is 24.4. The van der Waals surface area contributed by atoms with E-state index in [-0.39, 0.29) is 28.1 Å². The number of hydrogen-bond acceptors (Lipinski definition) is 4. The van der Waals surface area contributed by atoms with E-state index in [2.05, 4.69) is 0 Å². The van der Waals surface area contributed by atoms with E-state index < -0.39 is 23.4 Å². The van der Waals surface area contributed by atoms with Crippen LogP contribution in [0.2, 0.25) is 0 Å². The Kier molecular flexibility index (Phi) is 4.72. The number of alkyl halides is 3. The van der Waals surface area contributed by atoms with Crippen molar-refractivity contribution in [2.75, 3.05) is 11.6 Å². The van der Waals surface area contributed by atoms with Gasteiger partial charge in [0, 0.05) is 16.2 Å². The number of nitrogens with zero attached hydrogens (tertiary/aromatic N) is 1. The summed E-state index contributed by atoms with van der Waals surface area (Å²) in [5.41, 5.74) is -4.21. The number of thioether (sulfide) groups is 2. The first kappa shape index (κ1) is 16.0. The number of aliphatic carboxylic acids is 1. The molecule has 0 saturated carbocycles. The van der Waals surface area contributed by atoms with E-state index in [0.717, 1.165) is 0 Å². The lowest BCUT2D eigenvalue weighted by Crippen LogP contribution is -2.41. The Morgan fingerprint density at radius 1 is 1.29 bits per heavy atom. The smallest absolute Gasteiger partial charge is 0.446 e. The fourth-order valence-corrected chi connectivity index (χ4v) is 3.50. The van der Waals surface area contributed by atoms with Gasteiger partial charge in [0.15, 0.2) is 0 Å². The van der Waals surface area contributed by atoms with Crippen molar-refractivity contribution in [3.8, 4) is 0 Å². The summed E-state index contributed by atoms with van der Waals surface area (Å²) in [5, 5.41) is 9.02. The summed E-state index contributed by atoms with van der Waals surface area (Å²) in [6.45, 7) is 0. The predicted molar refractivity (Wildman–Crippen MR) is 73.3 cm³/mol. The summed E-state index contributed by atoms with van der Waals surface area (Å²) in [5.74, 6) is -1.01. The van der Waals surface area contributed by atoms with Crippen molar-refractivity contribution < 1.29 is 27.9 Å². The molecule has 1 saturated heterocycles. The number of hydrogen-bond donors (Lipinski definition) is 1. The van der Waals surface area contributed by atoms with Gasteiger partial charge in [-0.3, -0.25) is 4.79 Å². The zero-order valence-electron chi connectivity index (χ0n) is 10.5. The fraction of sp³-hybridized carbons (Fsp3) is 0.333. The normalized spacial score (nSPS) is 18.8. The third kappa shape index (κ3) is 4.07. The predicted octanol–water partition coefficient (Wildman–Crippen LogP) is 2.90. The molecule has 9 heteroatoms. The van der Waals surface area contributed by atoms with Gasteiger partial charge in [-0.2, -0.15) is 13.2 Å². The van der Waals surface area contributed by atoms with Crippen LogP contribution < -0.4 is 0 Å². The lowest BCUT2D eigenvalue weighted by molar-refractivity contribution is -0.140. The minimum Gasteiger partial charge on any atom is -0.480 e. The van der Waals surface area contributed by atoms with Crippen LogP contribution in [-0.4, -0.2) is 45.1 Å². The van der Waals surface area contributed by atoms with Crippen LogP contribution in [0, 0.1) is 0 Å². The third-order valence-electron chi connectivity index (χ3n) is 2.76. The first-order chi connectivity index (χ1) is 9.78. The molecule has 0 aliphatic carbocycles. The number of halogens is 3. The molecule has 1 N–H and O–H groups in total. The number of benzene rings is 1. The maximum absolute atomic E-state index is 12.2. The van der Waals surface area contributed by atoms with Crippen LogP contribution in [0.4, 0.5) is 13.2 Å². The molecule has 1 aromatic carbocycles. The van der Waals surface area contributed by atoms with Gasteiger partial charge in [-0.15, -0.1) is 11.8 Å². The zero-order valence-corrected chi connectivity index (χ0v) is 12.1. The number of amides is 1. The van der Waals surface area contributed by atoms with Crippen molar-refractivity contribution in [1.82, 2.24) is 4.90 Å². The molecule has 21 heavy (non-hydrogen) atoms. The van der Waals surface area contributed by atoms with E-state index in [4.69, 9.17) is 5.11 Å². The van der Waals surface area contributed by atoms with Crippen molar-refractivity contribution in [3.63, 3.8) is 0 Å². The Hall–Kier alpha value is -1.35. The second-order valence-electron chi connectivity index (χ2n) is 4.20. The number of carboxylic acids is 1. The topological polar surface area (TPSA) is 57.6 Å². The molecule has 1 amide bonds. The molecule has 114 valence electrons. The maximum Gasteiger partial charge on any atom is 0.446 e. The number of rotatable bonds is 3. The van der Waals surface area contributed by atoms with Gasteiger partial charge in [-0.05, 0) is 36.0 Å². The molecule has 1 heterocycles. The maximum atomic E-state index is 12.2. The second-order valence-corrected chi connectivity index (χ2v) is 6.34. The molecule has 0 bridgehead atoms. The van der Waals surface area contributed by atoms with Crippen LogP contribution >= 0.6 is 23.5 Å². The van der Waals surface area contributed by atoms with Gasteiger partial charge < -0.3 is 10.0 Å². The SMILES string of the molecule is O=C(O)C1CSCN1C(=O)c1ccc(SC(F)(F)F)cc1. The third-order valence-corrected chi connectivity index (χ3v) is 4.51.